The molecule has 1 atom stereocenters. The van der Waals surface area contributed by atoms with Crippen molar-refractivity contribution >= 4 is 5.97 Å². The number of ether oxygens (including phenoxy) is 1. The van der Waals surface area contributed by atoms with Crippen LogP contribution in [0.4, 0.5) is 0 Å². The second-order valence-corrected chi connectivity index (χ2v) is 3.39. The van der Waals surface area contributed by atoms with Crippen LogP contribution in [0, 0.1) is 11.8 Å². The summed E-state index contributed by atoms with van der Waals surface area (Å²) >= 11 is 0. The Bertz CT molecular complexity index is 192. The molecule has 1 heterocycles. The monoisotopic (exact) mass is 154 g/mol. The van der Waals surface area contributed by atoms with E-state index in [4.69, 9.17) is 4.74 Å². The molecule has 2 nitrogen and oxygen atoms in total. The van der Waals surface area contributed by atoms with Crippen LogP contribution in [0.5, 0.6) is 0 Å². The Balaban J connectivity index is 2.55. The molecular weight excluding hydrogens is 140 g/mol. The highest BCUT2D eigenvalue weighted by atomic mass is 16.5. The maximum Gasteiger partial charge on any atom is 0.314 e. The van der Waals surface area contributed by atoms with Crippen molar-refractivity contribution in [1.29, 1.82) is 0 Å². The van der Waals surface area contributed by atoms with Gasteiger partial charge in [-0.3, -0.25) is 4.79 Å². The van der Waals surface area contributed by atoms with Gasteiger partial charge >= 0.3 is 5.97 Å². The third-order valence-corrected chi connectivity index (χ3v) is 2.28. The second kappa shape index (κ2) is 3.07. The molecule has 0 fully saturated rings. The largest absolute Gasteiger partial charge is 0.434 e. The molecule has 0 saturated heterocycles. The van der Waals surface area contributed by atoms with Crippen LogP contribution < -0.4 is 0 Å². The summed E-state index contributed by atoms with van der Waals surface area (Å²) in [5, 5.41) is 0. The highest BCUT2D eigenvalue weighted by Crippen LogP contribution is 2.26. The van der Waals surface area contributed by atoms with Gasteiger partial charge in [0.1, 0.15) is 0 Å². The molecule has 0 aromatic heterocycles. The average molecular weight is 154 g/mol. The van der Waals surface area contributed by atoms with Gasteiger partial charge in [0, 0.05) is 0 Å². The van der Waals surface area contributed by atoms with E-state index in [0.717, 1.165) is 5.57 Å². The summed E-state index contributed by atoms with van der Waals surface area (Å²) in [6, 6.07) is 0. The number of carbonyl (C=O) groups is 1. The minimum atomic E-state index is -0.118. The van der Waals surface area contributed by atoms with Gasteiger partial charge in [-0.1, -0.05) is 20.8 Å². The fourth-order valence-corrected chi connectivity index (χ4v) is 1.09. The van der Waals surface area contributed by atoms with Crippen LogP contribution in [0.3, 0.4) is 0 Å². The molecule has 0 radical (unpaired) electrons. The third kappa shape index (κ3) is 1.82. The third-order valence-electron chi connectivity index (χ3n) is 2.28. The minimum absolute atomic E-state index is 0.118. The predicted octanol–water partition coefficient (Wildman–Crippen LogP) is 2.11. The summed E-state index contributed by atoms with van der Waals surface area (Å²) in [5.41, 5.74) is 1.13. The second-order valence-electron chi connectivity index (χ2n) is 3.39. The maximum absolute atomic E-state index is 10.7. The Hall–Kier alpha value is -0.790. The van der Waals surface area contributed by atoms with Gasteiger partial charge in [0.2, 0.25) is 0 Å². The quantitative estimate of drug-likeness (QED) is 0.569. The van der Waals surface area contributed by atoms with Gasteiger partial charge in [0.15, 0.2) is 0 Å². The fourth-order valence-electron chi connectivity index (χ4n) is 1.09. The zero-order chi connectivity index (χ0) is 8.43. The van der Waals surface area contributed by atoms with Gasteiger partial charge in [-0.15, -0.1) is 0 Å². The maximum atomic E-state index is 10.7. The summed E-state index contributed by atoms with van der Waals surface area (Å²) in [5.74, 6) is 0.921. The first-order valence-corrected chi connectivity index (χ1v) is 3.99. The van der Waals surface area contributed by atoms with Crippen LogP contribution in [0.25, 0.3) is 0 Å². The highest BCUT2D eigenvalue weighted by molar-refractivity contribution is 5.75. The van der Waals surface area contributed by atoms with Crippen molar-refractivity contribution in [2.45, 2.75) is 27.2 Å². The minimum Gasteiger partial charge on any atom is -0.434 e. The van der Waals surface area contributed by atoms with E-state index in [9.17, 15) is 4.79 Å². The molecule has 62 valence electrons. The van der Waals surface area contributed by atoms with Crippen molar-refractivity contribution < 1.29 is 9.53 Å². The first-order valence-electron chi connectivity index (χ1n) is 3.99. The van der Waals surface area contributed by atoms with Gasteiger partial charge in [-0.25, -0.2) is 0 Å². The molecule has 0 N–H and O–H groups in total. The lowest BCUT2D eigenvalue weighted by Crippen LogP contribution is -2.06. The predicted molar refractivity (Wildman–Crippen MR) is 42.8 cm³/mol. The van der Waals surface area contributed by atoms with Gasteiger partial charge in [-0.2, -0.15) is 0 Å². The first kappa shape index (κ1) is 8.31. The van der Waals surface area contributed by atoms with Crippen molar-refractivity contribution in [3.05, 3.63) is 11.8 Å². The van der Waals surface area contributed by atoms with Crippen LogP contribution >= 0.6 is 0 Å². The van der Waals surface area contributed by atoms with Crippen LogP contribution in [0.1, 0.15) is 27.2 Å². The zero-order valence-corrected chi connectivity index (χ0v) is 7.26. The standard InChI is InChI=1S/C9H14O2/c1-6(2)7(3)8-4-9(10)11-5-8/h5-7H,4H2,1-3H3. The summed E-state index contributed by atoms with van der Waals surface area (Å²) in [4.78, 5) is 10.7. The summed E-state index contributed by atoms with van der Waals surface area (Å²) < 4.78 is 4.74. The number of hydrogen-bond donors (Lipinski definition) is 0. The Kier molecular flexibility index (Phi) is 2.32. The molecule has 0 spiro atoms. The van der Waals surface area contributed by atoms with E-state index in [1.807, 2.05) is 0 Å². The van der Waals surface area contributed by atoms with Crippen molar-refractivity contribution in [2.24, 2.45) is 11.8 Å². The molecule has 0 aliphatic carbocycles. The van der Waals surface area contributed by atoms with Crippen LogP contribution in [0.15, 0.2) is 11.8 Å². The summed E-state index contributed by atoms with van der Waals surface area (Å²) in [6.07, 6.45) is 2.09. The smallest absolute Gasteiger partial charge is 0.314 e. The van der Waals surface area contributed by atoms with Gasteiger partial charge in [0.05, 0.1) is 12.7 Å². The Morgan fingerprint density at radius 2 is 2.09 bits per heavy atom. The molecule has 0 aromatic carbocycles. The average Bonchev–Trinajstić information content (AvgIpc) is 2.34. The van der Waals surface area contributed by atoms with E-state index in [2.05, 4.69) is 20.8 Å². The molecule has 0 aromatic rings. The van der Waals surface area contributed by atoms with Gasteiger partial charge < -0.3 is 4.74 Å². The molecule has 0 saturated carbocycles. The SMILES string of the molecule is CC(C)C(C)C1=COC(=O)C1. The number of rotatable bonds is 2. The van der Waals surface area contributed by atoms with E-state index in [1.54, 1.807) is 6.26 Å². The molecule has 1 rings (SSSR count). The van der Waals surface area contributed by atoms with E-state index >= 15 is 0 Å². The van der Waals surface area contributed by atoms with Crippen molar-refractivity contribution in [1.82, 2.24) is 0 Å². The zero-order valence-electron chi connectivity index (χ0n) is 7.26. The molecule has 1 unspecified atom stereocenters. The lowest BCUT2D eigenvalue weighted by Gasteiger charge is -2.14. The van der Waals surface area contributed by atoms with E-state index in [0.29, 0.717) is 18.3 Å². The summed E-state index contributed by atoms with van der Waals surface area (Å²) in [6.45, 7) is 6.42. The van der Waals surface area contributed by atoms with E-state index < -0.39 is 0 Å². The lowest BCUT2D eigenvalue weighted by molar-refractivity contribution is -0.135. The molecule has 1 aliphatic heterocycles. The van der Waals surface area contributed by atoms with Gasteiger partial charge in [-0.05, 0) is 17.4 Å². The Morgan fingerprint density at radius 1 is 1.45 bits per heavy atom. The molecule has 0 bridgehead atoms. The molecule has 1 aliphatic rings. The Morgan fingerprint density at radius 3 is 2.45 bits per heavy atom. The number of esters is 1. The van der Waals surface area contributed by atoms with E-state index in [1.165, 1.54) is 0 Å². The molecule has 11 heavy (non-hydrogen) atoms. The fraction of sp³-hybridized carbons (Fsp3) is 0.667. The summed E-state index contributed by atoms with van der Waals surface area (Å²) in [7, 11) is 0. The molecule has 0 amide bonds. The number of cyclic esters (lactones) is 1. The van der Waals surface area contributed by atoms with Crippen LogP contribution in [-0.4, -0.2) is 5.97 Å². The number of carbonyl (C=O) groups excluding carboxylic acids is 1. The first-order chi connectivity index (χ1) is 5.11. The van der Waals surface area contributed by atoms with Crippen molar-refractivity contribution in [3.63, 3.8) is 0 Å². The highest BCUT2D eigenvalue weighted by Gasteiger charge is 2.21. The van der Waals surface area contributed by atoms with Crippen LogP contribution in [0.2, 0.25) is 0 Å². The normalized spacial score (nSPS) is 20.0. The van der Waals surface area contributed by atoms with Crippen molar-refractivity contribution in [3.8, 4) is 0 Å². The number of hydrogen-bond acceptors (Lipinski definition) is 2. The van der Waals surface area contributed by atoms with E-state index in [-0.39, 0.29) is 5.97 Å². The molecular formula is C9H14O2. The van der Waals surface area contributed by atoms with Gasteiger partial charge in [0.25, 0.3) is 0 Å². The van der Waals surface area contributed by atoms with Crippen molar-refractivity contribution in [2.75, 3.05) is 0 Å². The Labute approximate surface area is 67.2 Å². The van der Waals surface area contributed by atoms with Crippen LogP contribution in [-0.2, 0) is 9.53 Å². The topological polar surface area (TPSA) is 26.3 Å². The molecule has 2 heteroatoms. The lowest BCUT2D eigenvalue weighted by atomic mass is 9.90.